The van der Waals surface area contributed by atoms with Gasteiger partial charge in [-0.15, -0.1) is 11.8 Å². The highest BCUT2D eigenvalue weighted by atomic mass is 35.5. The summed E-state index contributed by atoms with van der Waals surface area (Å²) >= 11 is 7.77. The number of hydrogen-bond acceptors (Lipinski definition) is 3. The average Bonchev–Trinajstić information content (AvgIpc) is 2.20. The van der Waals surface area contributed by atoms with Crippen LogP contribution in [-0.2, 0) is 11.2 Å². The molecule has 0 aliphatic heterocycles. The molecule has 0 fully saturated rings. The molecule has 4 heteroatoms. The molecule has 0 amide bonds. The lowest BCUT2D eigenvalue weighted by Crippen LogP contribution is -2.18. The van der Waals surface area contributed by atoms with Gasteiger partial charge in [-0.25, -0.2) is 0 Å². The van der Waals surface area contributed by atoms with E-state index in [-0.39, 0.29) is 6.04 Å². The third-order valence-corrected chi connectivity index (χ3v) is 3.42. The smallest absolute Gasteiger partial charge is 0.0556 e. The third kappa shape index (κ3) is 4.74. The van der Waals surface area contributed by atoms with Gasteiger partial charge in [-0.3, -0.25) is 0 Å². The topological polar surface area (TPSA) is 35.2 Å². The van der Waals surface area contributed by atoms with Crippen LogP contribution in [0.4, 0.5) is 0 Å². The summed E-state index contributed by atoms with van der Waals surface area (Å²) in [4.78, 5) is 1.25. The molecular weight excluding hydrogens is 242 g/mol. The van der Waals surface area contributed by atoms with E-state index in [9.17, 15) is 0 Å². The zero-order chi connectivity index (χ0) is 12.0. The summed E-state index contributed by atoms with van der Waals surface area (Å²) in [5.74, 6) is 0.948. The Morgan fingerprint density at radius 1 is 1.50 bits per heavy atom. The second-order valence-corrected chi connectivity index (χ2v) is 5.35. The van der Waals surface area contributed by atoms with Gasteiger partial charge in [0.25, 0.3) is 0 Å². The van der Waals surface area contributed by atoms with Crippen LogP contribution in [0, 0.1) is 0 Å². The van der Waals surface area contributed by atoms with Crippen molar-refractivity contribution in [2.24, 2.45) is 5.73 Å². The Kier molecular flexibility index (Phi) is 6.21. The van der Waals surface area contributed by atoms with Gasteiger partial charge in [0.1, 0.15) is 0 Å². The first-order valence-electron chi connectivity index (χ1n) is 5.29. The van der Waals surface area contributed by atoms with Crippen LogP contribution >= 0.6 is 23.4 Å². The highest BCUT2D eigenvalue weighted by Gasteiger charge is 2.06. The number of thioether (sulfide) groups is 1. The van der Waals surface area contributed by atoms with Crippen LogP contribution < -0.4 is 5.73 Å². The van der Waals surface area contributed by atoms with Crippen molar-refractivity contribution in [3.05, 3.63) is 28.8 Å². The van der Waals surface area contributed by atoms with E-state index in [1.807, 2.05) is 19.1 Å². The number of ether oxygens (including phenoxy) is 1. The van der Waals surface area contributed by atoms with Crippen molar-refractivity contribution >= 4 is 23.4 Å². The van der Waals surface area contributed by atoms with Crippen LogP contribution in [0.3, 0.4) is 0 Å². The van der Waals surface area contributed by atoms with Crippen LogP contribution in [0.25, 0.3) is 0 Å². The monoisotopic (exact) mass is 259 g/mol. The number of rotatable bonds is 6. The fraction of sp³-hybridized carbons (Fsp3) is 0.500. The van der Waals surface area contributed by atoms with Crippen LogP contribution in [-0.4, -0.2) is 25.5 Å². The van der Waals surface area contributed by atoms with Gasteiger partial charge in [-0.05, 0) is 37.1 Å². The maximum atomic E-state index is 5.99. The molecule has 90 valence electrons. The molecule has 0 saturated heterocycles. The Hall–Kier alpha value is -0.220. The van der Waals surface area contributed by atoms with Gasteiger partial charge >= 0.3 is 0 Å². The zero-order valence-corrected chi connectivity index (χ0v) is 11.3. The SMILES string of the molecule is COCCSc1ccc(Cl)cc1CC(C)N. The number of halogens is 1. The lowest BCUT2D eigenvalue weighted by atomic mass is 10.1. The van der Waals surface area contributed by atoms with E-state index in [4.69, 9.17) is 22.1 Å². The Balaban J connectivity index is 2.72. The van der Waals surface area contributed by atoms with Crippen molar-refractivity contribution in [1.82, 2.24) is 0 Å². The summed E-state index contributed by atoms with van der Waals surface area (Å²) in [6.45, 7) is 2.76. The van der Waals surface area contributed by atoms with E-state index >= 15 is 0 Å². The first-order valence-corrected chi connectivity index (χ1v) is 6.65. The zero-order valence-electron chi connectivity index (χ0n) is 9.70. The molecule has 16 heavy (non-hydrogen) atoms. The molecular formula is C12H18ClNOS. The fourth-order valence-corrected chi connectivity index (χ4v) is 2.59. The van der Waals surface area contributed by atoms with E-state index < -0.39 is 0 Å². The normalized spacial score (nSPS) is 12.8. The Bertz CT molecular complexity index is 331. The third-order valence-electron chi connectivity index (χ3n) is 2.11. The van der Waals surface area contributed by atoms with Crippen molar-refractivity contribution < 1.29 is 4.74 Å². The van der Waals surface area contributed by atoms with Crippen molar-refractivity contribution in [3.63, 3.8) is 0 Å². The molecule has 1 aromatic carbocycles. The number of hydrogen-bond donors (Lipinski definition) is 1. The summed E-state index contributed by atoms with van der Waals surface area (Å²) in [5.41, 5.74) is 7.05. The largest absolute Gasteiger partial charge is 0.384 e. The molecule has 0 spiro atoms. The van der Waals surface area contributed by atoms with Crippen molar-refractivity contribution in [3.8, 4) is 0 Å². The molecule has 0 saturated carbocycles. The molecule has 0 aliphatic rings. The van der Waals surface area contributed by atoms with E-state index in [0.717, 1.165) is 23.8 Å². The van der Waals surface area contributed by atoms with Crippen LogP contribution in [0.15, 0.2) is 23.1 Å². The van der Waals surface area contributed by atoms with E-state index in [0.29, 0.717) is 0 Å². The second kappa shape index (κ2) is 7.17. The first kappa shape index (κ1) is 13.8. The molecule has 1 atom stereocenters. The molecule has 2 N–H and O–H groups in total. The minimum Gasteiger partial charge on any atom is -0.384 e. The molecule has 0 aromatic heterocycles. The molecule has 1 rings (SSSR count). The minimum atomic E-state index is 0.153. The van der Waals surface area contributed by atoms with Gasteiger partial charge in [0.05, 0.1) is 6.61 Å². The first-order chi connectivity index (χ1) is 7.63. The van der Waals surface area contributed by atoms with Gasteiger partial charge in [-0.1, -0.05) is 11.6 Å². The second-order valence-electron chi connectivity index (χ2n) is 3.77. The molecule has 0 radical (unpaired) electrons. The highest BCUT2D eigenvalue weighted by Crippen LogP contribution is 2.26. The highest BCUT2D eigenvalue weighted by molar-refractivity contribution is 7.99. The molecule has 0 aliphatic carbocycles. The minimum absolute atomic E-state index is 0.153. The van der Waals surface area contributed by atoms with Crippen LogP contribution in [0.1, 0.15) is 12.5 Å². The fourth-order valence-electron chi connectivity index (χ4n) is 1.43. The average molecular weight is 260 g/mol. The van der Waals surface area contributed by atoms with Gasteiger partial charge < -0.3 is 10.5 Å². The lowest BCUT2D eigenvalue weighted by Gasteiger charge is -2.11. The van der Waals surface area contributed by atoms with Crippen molar-refractivity contribution in [2.75, 3.05) is 19.5 Å². The van der Waals surface area contributed by atoms with E-state index in [1.165, 1.54) is 10.5 Å². The Morgan fingerprint density at radius 3 is 2.88 bits per heavy atom. The Morgan fingerprint density at radius 2 is 2.25 bits per heavy atom. The number of methoxy groups -OCH3 is 1. The summed E-state index contributed by atoms with van der Waals surface area (Å²) in [5, 5.41) is 0.770. The summed E-state index contributed by atoms with van der Waals surface area (Å²) < 4.78 is 5.04. The van der Waals surface area contributed by atoms with Gasteiger partial charge in [0, 0.05) is 28.8 Å². The van der Waals surface area contributed by atoms with Crippen molar-refractivity contribution in [2.45, 2.75) is 24.3 Å². The standard InChI is InChI=1S/C12H18ClNOS/c1-9(14)7-10-8-11(13)3-4-12(10)16-6-5-15-2/h3-4,8-9H,5-7,14H2,1-2H3. The van der Waals surface area contributed by atoms with Gasteiger partial charge in [0.2, 0.25) is 0 Å². The maximum Gasteiger partial charge on any atom is 0.0556 e. The summed E-state index contributed by atoms with van der Waals surface area (Å²) in [6.07, 6.45) is 0.857. The van der Waals surface area contributed by atoms with Crippen LogP contribution in [0.5, 0.6) is 0 Å². The number of nitrogens with two attached hydrogens (primary N) is 1. The summed E-state index contributed by atoms with van der Waals surface area (Å²) in [7, 11) is 1.71. The molecule has 0 bridgehead atoms. The van der Waals surface area contributed by atoms with Crippen molar-refractivity contribution in [1.29, 1.82) is 0 Å². The van der Waals surface area contributed by atoms with Crippen LogP contribution in [0.2, 0.25) is 5.02 Å². The molecule has 2 nitrogen and oxygen atoms in total. The van der Waals surface area contributed by atoms with Gasteiger partial charge in [0.15, 0.2) is 0 Å². The van der Waals surface area contributed by atoms with Gasteiger partial charge in [-0.2, -0.15) is 0 Å². The lowest BCUT2D eigenvalue weighted by molar-refractivity contribution is 0.218. The Labute approximate surface area is 107 Å². The predicted molar refractivity (Wildman–Crippen MR) is 71.4 cm³/mol. The molecule has 1 unspecified atom stereocenters. The molecule has 1 aromatic rings. The maximum absolute atomic E-state index is 5.99. The van der Waals surface area contributed by atoms with E-state index in [1.54, 1.807) is 18.9 Å². The molecule has 0 heterocycles. The predicted octanol–water partition coefficient (Wildman–Crippen LogP) is 2.97. The summed E-state index contributed by atoms with van der Waals surface area (Å²) in [6, 6.07) is 6.13. The number of benzene rings is 1. The quantitative estimate of drug-likeness (QED) is 0.630. The van der Waals surface area contributed by atoms with E-state index in [2.05, 4.69) is 6.07 Å².